The molecule has 142 valence electrons. The van der Waals surface area contributed by atoms with Crippen LogP contribution in [0.3, 0.4) is 0 Å². The average Bonchev–Trinajstić information content (AvgIpc) is 2.59. The van der Waals surface area contributed by atoms with Gasteiger partial charge in [-0.1, -0.05) is 11.6 Å². The van der Waals surface area contributed by atoms with Gasteiger partial charge in [0.05, 0.1) is 25.8 Å². The van der Waals surface area contributed by atoms with Crippen molar-refractivity contribution in [2.45, 2.75) is 20.0 Å². The summed E-state index contributed by atoms with van der Waals surface area (Å²) in [5, 5.41) is 2.22. The van der Waals surface area contributed by atoms with Gasteiger partial charge in [-0.3, -0.25) is 10.1 Å². The Labute approximate surface area is 156 Å². The van der Waals surface area contributed by atoms with E-state index in [1.165, 1.54) is 20.1 Å². The molecule has 0 aliphatic heterocycles. The number of rotatable bonds is 7. The quantitative estimate of drug-likeness (QED) is 0.568. The van der Waals surface area contributed by atoms with Crippen molar-refractivity contribution in [2.24, 2.45) is 0 Å². The predicted molar refractivity (Wildman–Crippen MR) is 94.3 cm³/mol. The lowest BCUT2D eigenvalue weighted by Crippen LogP contribution is -2.39. The summed E-state index contributed by atoms with van der Waals surface area (Å²) in [6.07, 6.45) is 0.450. The first-order chi connectivity index (χ1) is 12.3. The molecule has 0 radical (unpaired) electrons. The van der Waals surface area contributed by atoms with Crippen LogP contribution in [0.15, 0.2) is 18.2 Å². The molecule has 8 nitrogen and oxygen atoms in total. The minimum Gasteiger partial charge on any atom is -0.491 e. The van der Waals surface area contributed by atoms with Crippen molar-refractivity contribution in [1.82, 2.24) is 5.32 Å². The van der Waals surface area contributed by atoms with Crippen LogP contribution in [0.4, 0.5) is 4.79 Å². The number of alkyl carbamates (subject to hydrolysis) is 1. The molecule has 1 aromatic rings. The molecule has 0 saturated carbocycles. The van der Waals surface area contributed by atoms with Crippen molar-refractivity contribution >= 4 is 35.6 Å². The van der Waals surface area contributed by atoms with Gasteiger partial charge in [-0.2, -0.15) is 0 Å². The Kier molecular flexibility index (Phi) is 8.44. The van der Waals surface area contributed by atoms with E-state index in [9.17, 15) is 14.4 Å². The number of benzene rings is 1. The summed E-state index contributed by atoms with van der Waals surface area (Å²) in [7, 11) is 2.58. The Balaban J connectivity index is 2.79. The van der Waals surface area contributed by atoms with Crippen molar-refractivity contribution in [2.75, 3.05) is 20.8 Å². The molecule has 0 spiro atoms. The Hall–Kier alpha value is -2.74. The van der Waals surface area contributed by atoms with Gasteiger partial charge in [0, 0.05) is 6.08 Å². The average molecular weight is 386 g/mol. The van der Waals surface area contributed by atoms with Gasteiger partial charge in [0.2, 0.25) is 0 Å². The van der Waals surface area contributed by atoms with Crippen LogP contribution in [0, 0.1) is 0 Å². The number of carbonyl (C=O) groups is 3. The number of carbonyl (C=O) groups excluding carboxylic acids is 3. The highest BCUT2D eigenvalue weighted by molar-refractivity contribution is 6.32. The number of ether oxygens (including phenoxy) is 4. The summed E-state index contributed by atoms with van der Waals surface area (Å²) in [6, 6.07) is 3.23. The second-order valence-electron chi connectivity index (χ2n) is 4.86. The molecule has 1 atom stereocenters. The molecule has 1 rings (SSSR count). The highest BCUT2D eigenvalue weighted by Gasteiger charge is 2.19. The standard InChI is InChI=1S/C17H20ClNO7/c1-5-25-13-9-11(8-12(18)15(13)23-3)6-7-14(20)26-10(2)16(21)19-17(22)24-4/h6-10H,5H2,1-4H3,(H,19,21,22)/b7-6+/t10-/m1/s1. The van der Waals surface area contributed by atoms with Crippen molar-refractivity contribution in [3.05, 3.63) is 28.8 Å². The normalized spacial score (nSPS) is 11.6. The van der Waals surface area contributed by atoms with Crippen molar-refractivity contribution in [3.8, 4) is 11.5 Å². The summed E-state index contributed by atoms with van der Waals surface area (Å²) >= 11 is 6.12. The lowest BCUT2D eigenvalue weighted by atomic mass is 10.2. The fraction of sp³-hybridized carbons (Fsp3) is 0.353. The van der Waals surface area contributed by atoms with Crippen LogP contribution < -0.4 is 14.8 Å². The molecule has 0 fully saturated rings. The van der Waals surface area contributed by atoms with Crippen molar-refractivity contribution < 1.29 is 33.3 Å². The molecule has 0 heterocycles. The zero-order chi connectivity index (χ0) is 19.7. The van der Waals surface area contributed by atoms with E-state index < -0.39 is 24.1 Å². The van der Waals surface area contributed by atoms with Crippen LogP contribution >= 0.6 is 11.6 Å². The summed E-state index contributed by atoms with van der Waals surface area (Å²) in [6.45, 7) is 3.55. The van der Waals surface area contributed by atoms with Gasteiger partial charge in [-0.05, 0) is 37.6 Å². The monoisotopic (exact) mass is 385 g/mol. The van der Waals surface area contributed by atoms with Gasteiger partial charge in [-0.15, -0.1) is 0 Å². The molecule has 0 aliphatic carbocycles. The maximum atomic E-state index is 11.8. The van der Waals surface area contributed by atoms with E-state index in [0.717, 1.165) is 13.2 Å². The molecule has 26 heavy (non-hydrogen) atoms. The number of amides is 2. The minimum atomic E-state index is -1.18. The zero-order valence-corrected chi connectivity index (χ0v) is 15.6. The van der Waals surface area contributed by atoms with Crippen LogP contribution in [0.1, 0.15) is 19.4 Å². The first kappa shape index (κ1) is 21.3. The first-order valence-corrected chi connectivity index (χ1v) is 7.98. The van der Waals surface area contributed by atoms with E-state index in [0.29, 0.717) is 28.7 Å². The van der Waals surface area contributed by atoms with E-state index >= 15 is 0 Å². The lowest BCUT2D eigenvalue weighted by Gasteiger charge is -2.12. The second-order valence-corrected chi connectivity index (χ2v) is 5.27. The zero-order valence-electron chi connectivity index (χ0n) is 14.8. The topological polar surface area (TPSA) is 100 Å². The van der Waals surface area contributed by atoms with Gasteiger partial charge in [0.15, 0.2) is 17.6 Å². The molecule has 0 aliphatic rings. The molecular formula is C17H20ClNO7. The van der Waals surface area contributed by atoms with Crippen molar-refractivity contribution in [3.63, 3.8) is 0 Å². The van der Waals surface area contributed by atoms with Crippen LogP contribution in [-0.4, -0.2) is 44.9 Å². The fourth-order valence-electron chi connectivity index (χ4n) is 1.83. The lowest BCUT2D eigenvalue weighted by molar-refractivity contribution is -0.149. The second kappa shape index (κ2) is 10.3. The molecule has 1 aromatic carbocycles. The number of hydrogen-bond donors (Lipinski definition) is 1. The van der Waals surface area contributed by atoms with Crippen LogP contribution in [0.25, 0.3) is 6.08 Å². The third-order valence-corrected chi connectivity index (χ3v) is 3.30. The maximum Gasteiger partial charge on any atom is 0.413 e. The maximum absolute atomic E-state index is 11.8. The molecular weight excluding hydrogens is 366 g/mol. The van der Waals surface area contributed by atoms with E-state index in [2.05, 4.69) is 4.74 Å². The number of esters is 1. The number of imide groups is 1. The number of hydrogen-bond acceptors (Lipinski definition) is 7. The number of nitrogens with one attached hydrogen (secondary N) is 1. The Bertz CT molecular complexity index is 703. The van der Waals surface area contributed by atoms with E-state index in [1.807, 2.05) is 12.2 Å². The summed E-state index contributed by atoms with van der Waals surface area (Å²) in [5.74, 6) is -0.755. The van der Waals surface area contributed by atoms with E-state index in [1.54, 1.807) is 12.1 Å². The Morgan fingerprint density at radius 3 is 2.54 bits per heavy atom. The van der Waals surface area contributed by atoms with Gasteiger partial charge >= 0.3 is 12.1 Å². The molecule has 9 heteroatoms. The molecule has 1 N–H and O–H groups in total. The summed E-state index contributed by atoms with van der Waals surface area (Å²) in [4.78, 5) is 34.4. The molecule has 0 saturated heterocycles. The Morgan fingerprint density at radius 1 is 1.27 bits per heavy atom. The van der Waals surface area contributed by atoms with Crippen molar-refractivity contribution in [1.29, 1.82) is 0 Å². The highest BCUT2D eigenvalue weighted by Crippen LogP contribution is 2.36. The van der Waals surface area contributed by atoms with Crippen LogP contribution in [-0.2, 0) is 19.1 Å². The molecule has 2 amide bonds. The molecule has 0 unspecified atom stereocenters. The van der Waals surface area contributed by atoms with Gasteiger partial charge in [0.1, 0.15) is 0 Å². The summed E-state index contributed by atoms with van der Waals surface area (Å²) < 4.78 is 19.8. The van der Waals surface area contributed by atoms with Crippen LogP contribution in [0.5, 0.6) is 11.5 Å². The van der Waals surface area contributed by atoms with Crippen LogP contribution in [0.2, 0.25) is 5.02 Å². The smallest absolute Gasteiger partial charge is 0.413 e. The highest BCUT2D eigenvalue weighted by atomic mass is 35.5. The fourth-order valence-corrected chi connectivity index (χ4v) is 2.13. The van der Waals surface area contributed by atoms with E-state index in [-0.39, 0.29) is 0 Å². The largest absolute Gasteiger partial charge is 0.491 e. The SMILES string of the molecule is CCOc1cc(/C=C/C(=O)O[C@H](C)C(=O)NC(=O)OC)cc(Cl)c1OC. The summed E-state index contributed by atoms with van der Waals surface area (Å²) in [5.41, 5.74) is 0.572. The Morgan fingerprint density at radius 2 is 1.96 bits per heavy atom. The minimum absolute atomic E-state index is 0.317. The first-order valence-electron chi connectivity index (χ1n) is 7.60. The van der Waals surface area contributed by atoms with Gasteiger partial charge < -0.3 is 18.9 Å². The number of halogens is 1. The third-order valence-electron chi connectivity index (χ3n) is 3.02. The molecule has 0 aromatic heterocycles. The predicted octanol–water partition coefficient (Wildman–Crippen LogP) is 2.57. The third kappa shape index (κ3) is 6.29. The van der Waals surface area contributed by atoms with E-state index in [4.69, 9.17) is 25.8 Å². The van der Waals surface area contributed by atoms with Gasteiger partial charge in [-0.25, -0.2) is 9.59 Å². The number of methoxy groups -OCH3 is 2. The molecule has 0 bridgehead atoms. The van der Waals surface area contributed by atoms with Gasteiger partial charge in [0.25, 0.3) is 5.91 Å².